The van der Waals surface area contributed by atoms with Crippen molar-refractivity contribution in [3.8, 4) is 0 Å². The van der Waals surface area contributed by atoms with E-state index < -0.39 is 0 Å². The molecule has 0 aliphatic rings. The number of benzene rings is 2. The number of aromatic nitrogens is 1. The molecule has 0 unspecified atom stereocenters. The number of pyridine rings is 1. The smallest absolute Gasteiger partial charge is 0.254 e. The fourth-order valence-electron chi connectivity index (χ4n) is 2.38. The molecule has 2 amide bonds. The Bertz CT molecular complexity index is 902. The van der Waals surface area contributed by atoms with Crippen LogP contribution in [0.1, 0.15) is 20.7 Å². The molecule has 27 heavy (non-hydrogen) atoms. The molecule has 0 spiro atoms. The summed E-state index contributed by atoms with van der Waals surface area (Å²) in [4.78, 5) is 29.8. The van der Waals surface area contributed by atoms with Crippen LogP contribution in [-0.2, 0) is 0 Å². The molecule has 0 fully saturated rings. The number of carbonyl (C=O) groups is 2. The lowest BCUT2D eigenvalue weighted by Gasteiger charge is -2.10. The first-order valence-electron chi connectivity index (χ1n) is 8.53. The number of nitrogens with one attached hydrogen (secondary N) is 2. The van der Waals surface area contributed by atoms with Gasteiger partial charge in [0.25, 0.3) is 11.8 Å². The number of nitrogens with zero attached hydrogens (tertiary/aromatic N) is 1. The van der Waals surface area contributed by atoms with Crippen molar-refractivity contribution in [1.29, 1.82) is 0 Å². The van der Waals surface area contributed by atoms with Crippen molar-refractivity contribution in [2.75, 3.05) is 13.1 Å². The lowest BCUT2D eigenvalue weighted by molar-refractivity contribution is 0.0926. The first-order valence-corrected chi connectivity index (χ1v) is 9.35. The molecular formula is C21H19N3O2S. The highest BCUT2D eigenvalue weighted by Gasteiger charge is 2.13. The van der Waals surface area contributed by atoms with Gasteiger partial charge in [0.15, 0.2) is 0 Å². The lowest BCUT2D eigenvalue weighted by atomic mass is 10.2. The van der Waals surface area contributed by atoms with Gasteiger partial charge in [-0.15, -0.1) is 0 Å². The Labute approximate surface area is 162 Å². The number of amides is 2. The van der Waals surface area contributed by atoms with Crippen molar-refractivity contribution in [1.82, 2.24) is 15.6 Å². The monoisotopic (exact) mass is 377 g/mol. The fraction of sp³-hybridized carbons (Fsp3) is 0.0952. The molecule has 2 N–H and O–H groups in total. The second kappa shape index (κ2) is 9.54. The van der Waals surface area contributed by atoms with Gasteiger partial charge in [0, 0.05) is 29.7 Å². The van der Waals surface area contributed by atoms with E-state index >= 15 is 0 Å². The van der Waals surface area contributed by atoms with Crippen LogP contribution in [0.25, 0.3) is 0 Å². The normalized spacial score (nSPS) is 10.2. The Morgan fingerprint density at radius 2 is 1.41 bits per heavy atom. The molecule has 0 saturated heterocycles. The van der Waals surface area contributed by atoms with Crippen LogP contribution in [0.4, 0.5) is 0 Å². The van der Waals surface area contributed by atoms with Crippen molar-refractivity contribution in [2.45, 2.75) is 9.92 Å². The van der Waals surface area contributed by atoms with Crippen molar-refractivity contribution in [3.05, 3.63) is 90.1 Å². The van der Waals surface area contributed by atoms with Gasteiger partial charge in [-0.25, -0.2) is 4.98 Å². The van der Waals surface area contributed by atoms with Crippen molar-refractivity contribution in [3.63, 3.8) is 0 Å². The van der Waals surface area contributed by atoms with Gasteiger partial charge in [-0.3, -0.25) is 9.59 Å². The highest BCUT2D eigenvalue weighted by molar-refractivity contribution is 7.99. The second-order valence-corrected chi connectivity index (χ2v) is 6.71. The summed E-state index contributed by atoms with van der Waals surface area (Å²) >= 11 is 1.44. The molecule has 0 aliphatic carbocycles. The van der Waals surface area contributed by atoms with Gasteiger partial charge in [0.05, 0.1) is 5.56 Å². The predicted octanol–water partition coefficient (Wildman–Crippen LogP) is 3.39. The SMILES string of the molecule is O=C(NCCNC(=O)c1cccnc1Sc1ccccc1)c1ccccc1. The Balaban J connectivity index is 1.53. The van der Waals surface area contributed by atoms with Crippen LogP contribution in [0.5, 0.6) is 0 Å². The van der Waals surface area contributed by atoms with Crippen molar-refractivity contribution >= 4 is 23.6 Å². The molecule has 1 heterocycles. The maximum Gasteiger partial charge on any atom is 0.254 e. The number of hydrogen-bond donors (Lipinski definition) is 2. The lowest BCUT2D eigenvalue weighted by Crippen LogP contribution is -2.34. The van der Waals surface area contributed by atoms with Gasteiger partial charge in [0.1, 0.15) is 5.03 Å². The van der Waals surface area contributed by atoms with Crippen LogP contribution in [-0.4, -0.2) is 29.9 Å². The van der Waals surface area contributed by atoms with Gasteiger partial charge in [0.2, 0.25) is 0 Å². The molecule has 6 heteroatoms. The third-order valence-electron chi connectivity index (χ3n) is 3.71. The quantitative estimate of drug-likeness (QED) is 0.619. The summed E-state index contributed by atoms with van der Waals surface area (Å²) < 4.78 is 0. The third-order valence-corrected chi connectivity index (χ3v) is 4.73. The fourth-order valence-corrected chi connectivity index (χ4v) is 3.28. The number of rotatable bonds is 7. The summed E-state index contributed by atoms with van der Waals surface area (Å²) in [5.41, 5.74) is 1.11. The van der Waals surface area contributed by atoms with Crippen LogP contribution >= 0.6 is 11.8 Å². The minimum atomic E-state index is -0.213. The summed E-state index contributed by atoms with van der Waals surface area (Å²) in [6.07, 6.45) is 1.67. The molecule has 0 atom stereocenters. The predicted molar refractivity (Wildman–Crippen MR) is 106 cm³/mol. The first kappa shape index (κ1) is 18.7. The van der Waals surface area contributed by atoms with Gasteiger partial charge in [-0.05, 0) is 36.4 Å². The number of hydrogen-bond acceptors (Lipinski definition) is 4. The van der Waals surface area contributed by atoms with Crippen LogP contribution in [0, 0.1) is 0 Å². The zero-order chi connectivity index (χ0) is 18.9. The van der Waals surface area contributed by atoms with Crippen LogP contribution in [0.2, 0.25) is 0 Å². The van der Waals surface area contributed by atoms with Crippen LogP contribution in [0.15, 0.2) is 88.9 Å². The van der Waals surface area contributed by atoms with E-state index in [-0.39, 0.29) is 11.8 Å². The summed E-state index contributed by atoms with van der Waals surface area (Å²) in [6, 6.07) is 22.2. The minimum Gasteiger partial charge on any atom is -0.350 e. The molecule has 0 radical (unpaired) electrons. The highest BCUT2D eigenvalue weighted by Crippen LogP contribution is 2.28. The molecule has 5 nitrogen and oxygen atoms in total. The molecule has 2 aromatic carbocycles. The number of carbonyl (C=O) groups excluding carboxylic acids is 2. The van der Waals surface area contributed by atoms with E-state index in [0.29, 0.717) is 29.2 Å². The van der Waals surface area contributed by atoms with E-state index in [1.54, 1.807) is 30.5 Å². The maximum atomic E-state index is 12.5. The second-order valence-electron chi connectivity index (χ2n) is 5.65. The van der Waals surface area contributed by atoms with E-state index in [9.17, 15) is 9.59 Å². The van der Waals surface area contributed by atoms with E-state index in [4.69, 9.17) is 0 Å². The van der Waals surface area contributed by atoms with E-state index in [2.05, 4.69) is 15.6 Å². The Morgan fingerprint density at radius 3 is 2.11 bits per heavy atom. The summed E-state index contributed by atoms with van der Waals surface area (Å²) in [7, 11) is 0. The Hall–Kier alpha value is -3.12. The van der Waals surface area contributed by atoms with E-state index in [1.807, 2.05) is 48.5 Å². The van der Waals surface area contributed by atoms with Gasteiger partial charge in [-0.1, -0.05) is 48.2 Å². The topological polar surface area (TPSA) is 71.1 Å². The zero-order valence-electron chi connectivity index (χ0n) is 14.6. The first-order chi connectivity index (χ1) is 13.2. The standard InChI is InChI=1S/C21H19N3O2S/c25-19(16-8-3-1-4-9-16)22-14-15-23-20(26)18-12-7-13-24-21(18)27-17-10-5-2-6-11-17/h1-13H,14-15H2,(H,22,25)(H,23,26). The van der Waals surface area contributed by atoms with Gasteiger partial charge < -0.3 is 10.6 Å². The Kier molecular flexibility index (Phi) is 6.60. The molecule has 0 aliphatic heterocycles. The molecule has 0 saturated carbocycles. The third kappa shape index (κ3) is 5.43. The average Bonchev–Trinajstić information content (AvgIpc) is 2.72. The Morgan fingerprint density at radius 1 is 0.778 bits per heavy atom. The molecule has 3 rings (SSSR count). The van der Waals surface area contributed by atoms with E-state index in [0.717, 1.165) is 4.90 Å². The zero-order valence-corrected chi connectivity index (χ0v) is 15.4. The average molecular weight is 377 g/mol. The maximum absolute atomic E-state index is 12.5. The largest absolute Gasteiger partial charge is 0.350 e. The molecular weight excluding hydrogens is 358 g/mol. The van der Waals surface area contributed by atoms with E-state index in [1.165, 1.54) is 11.8 Å². The van der Waals surface area contributed by atoms with Crippen LogP contribution in [0.3, 0.4) is 0 Å². The van der Waals surface area contributed by atoms with Gasteiger partial charge in [-0.2, -0.15) is 0 Å². The summed E-state index contributed by atoms with van der Waals surface area (Å²) in [6.45, 7) is 0.683. The summed E-state index contributed by atoms with van der Waals surface area (Å²) in [5.74, 6) is -0.373. The van der Waals surface area contributed by atoms with Crippen LogP contribution < -0.4 is 10.6 Å². The summed E-state index contributed by atoms with van der Waals surface area (Å²) in [5, 5.41) is 6.26. The highest BCUT2D eigenvalue weighted by atomic mass is 32.2. The molecule has 136 valence electrons. The minimum absolute atomic E-state index is 0.161. The molecule has 0 bridgehead atoms. The van der Waals surface area contributed by atoms with Crippen molar-refractivity contribution in [2.24, 2.45) is 0 Å². The molecule has 1 aromatic heterocycles. The van der Waals surface area contributed by atoms with Crippen molar-refractivity contribution < 1.29 is 9.59 Å². The molecule has 3 aromatic rings. The van der Waals surface area contributed by atoms with Gasteiger partial charge >= 0.3 is 0 Å².